The third-order valence-corrected chi connectivity index (χ3v) is 4.74. The number of aromatic nitrogens is 1. The van der Waals surface area contributed by atoms with Gasteiger partial charge >= 0.3 is 6.09 Å². The molecule has 2 heterocycles. The van der Waals surface area contributed by atoms with Crippen molar-refractivity contribution in [2.45, 2.75) is 39.3 Å². The molecule has 0 radical (unpaired) electrons. The molecule has 0 bridgehead atoms. The first-order chi connectivity index (χ1) is 12.4. The Kier molecular flexibility index (Phi) is 5.74. The van der Waals surface area contributed by atoms with Gasteiger partial charge in [-0.2, -0.15) is 0 Å². The monoisotopic (exact) mass is 371 g/mol. The van der Waals surface area contributed by atoms with Crippen LogP contribution in [0.15, 0.2) is 41.8 Å². The molecule has 0 aliphatic carbocycles. The minimum Gasteiger partial charge on any atom is -0.444 e. The summed E-state index contributed by atoms with van der Waals surface area (Å²) in [7, 11) is 0. The molecule has 0 saturated heterocycles. The Balaban J connectivity index is 1.56. The lowest BCUT2D eigenvalue weighted by atomic mass is 10.1. The molecule has 0 unspecified atom stereocenters. The van der Waals surface area contributed by atoms with E-state index in [2.05, 4.69) is 45.5 Å². The first-order valence-electron chi connectivity index (χ1n) is 8.80. The van der Waals surface area contributed by atoms with Gasteiger partial charge < -0.3 is 4.74 Å². The average molecular weight is 372 g/mol. The van der Waals surface area contributed by atoms with E-state index in [0.29, 0.717) is 5.13 Å². The second-order valence-electron chi connectivity index (χ2n) is 7.36. The Hall–Kier alpha value is -2.18. The van der Waals surface area contributed by atoms with Crippen molar-refractivity contribution in [3.05, 3.63) is 53.0 Å². The van der Waals surface area contributed by atoms with Crippen LogP contribution in [0.3, 0.4) is 0 Å². The molecule has 0 spiro atoms. The standard InChI is InChI=1S/C20H25N3O2S/c1-20(2,3)25-19(24)22-18-21-17(14-26-18)16-9-11-23(12-10-16)13-15-7-5-4-6-8-15/h4-9,14H,10-13H2,1-3H3,(H,21,22,24). The van der Waals surface area contributed by atoms with Gasteiger partial charge in [0.15, 0.2) is 5.13 Å². The van der Waals surface area contributed by atoms with Crippen LogP contribution >= 0.6 is 11.3 Å². The summed E-state index contributed by atoms with van der Waals surface area (Å²) in [6.07, 6.45) is 2.73. The van der Waals surface area contributed by atoms with E-state index in [9.17, 15) is 4.79 Å². The Morgan fingerprint density at radius 1 is 1.31 bits per heavy atom. The van der Waals surface area contributed by atoms with Crippen molar-refractivity contribution in [2.75, 3.05) is 18.4 Å². The highest BCUT2D eigenvalue weighted by molar-refractivity contribution is 7.14. The molecule has 1 aromatic heterocycles. The minimum atomic E-state index is -0.516. The lowest BCUT2D eigenvalue weighted by Crippen LogP contribution is -2.28. The van der Waals surface area contributed by atoms with Gasteiger partial charge in [-0.15, -0.1) is 11.3 Å². The van der Waals surface area contributed by atoms with Gasteiger partial charge in [-0.25, -0.2) is 9.78 Å². The van der Waals surface area contributed by atoms with Gasteiger partial charge in [0.05, 0.1) is 5.69 Å². The molecule has 26 heavy (non-hydrogen) atoms. The zero-order chi connectivity index (χ0) is 18.6. The zero-order valence-corrected chi connectivity index (χ0v) is 16.3. The summed E-state index contributed by atoms with van der Waals surface area (Å²) < 4.78 is 5.26. The van der Waals surface area contributed by atoms with Crippen molar-refractivity contribution in [3.8, 4) is 0 Å². The minimum absolute atomic E-state index is 0.468. The highest BCUT2D eigenvalue weighted by atomic mass is 32.1. The van der Waals surface area contributed by atoms with Crippen molar-refractivity contribution < 1.29 is 9.53 Å². The fourth-order valence-electron chi connectivity index (χ4n) is 2.80. The maximum atomic E-state index is 11.8. The second-order valence-corrected chi connectivity index (χ2v) is 8.22. The van der Waals surface area contributed by atoms with E-state index in [4.69, 9.17) is 4.74 Å². The third-order valence-electron chi connectivity index (χ3n) is 3.98. The van der Waals surface area contributed by atoms with E-state index < -0.39 is 11.7 Å². The fraction of sp³-hybridized carbons (Fsp3) is 0.400. The van der Waals surface area contributed by atoms with Gasteiger partial charge in [0.25, 0.3) is 0 Å². The van der Waals surface area contributed by atoms with Crippen molar-refractivity contribution in [2.24, 2.45) is 0 Å². The van der Waals surface area contributed by atoms with E-state index in [0.717, 1.165) is 31.7 Å². The topological polar surface area (TPSA) is 54.5 Å². The smallest absolute Gasteiger partial charge is 0.413 e. The molecule has 3 rings (SSSR count). The zero-order valence-electron chi connectivity index (χ0n) is 15.5. The van der Waals surface area contributed by atoms with Crippen LogP contribution in [0.5, 0.6) is 0 Å². The summed E-state index contributed by atoms with van der Waals surface area (Å²) in [5.74, 6) is 0. The molecular weight excluding hydrogens is 346 g/mol. The molecule has 1 aliphatic heterocycles. The number of rotatable bonds is 4. The molecule has 0 atom stereocenters. The third kappa shape index (κ3) is 5.41. The lowest BCUT2D eigenvalue weighted by Gasteiger charge is -2.25. The molecule has 2 aromatic rings. The number of amides is 1. The van der Waals surface area contributed by atoms with Gasteiger partial charge in [-0.3, -0.25) is 10.2 Å². The number of nitrogens with one attached hydrogen (secondary N) is 1. The Morgan fingerprint density at radius 2 is 2.08 bits per heavy atom. The van der Waals surface area contributed by atoms with E-state index in [-0.39, 0.29) is 0 Å². The molecule has 5 nitrogen and oxygen atoms in total. The van der Waals surface area contributed by atoms with Crippen molar-refractivity contribution in [1.29, 1.82) is 0 Å². The van der Waals surface area contributed by atoms with Crippen LogP contribution in [-0.2, 0) is 11.3 Å². The largest absolute Gasteiger partial charge is 0.444 e. The summed E-state index contributed by atoms with van der Waals surface area (Å²) in [5.41, 5.74) is 3.00. The van der Waals surface area contributed by atoms with Crippen LogP contribution in [0.4, 0.5) is 9.93 Å². The quantitative estimate of drug-likeness (QED) is 0.840. The number of nitrogens with zero attached hydrogens (tertiary/aromatic N) is 2. The summed E-state index contributed by atoms with van der Waals surface area (Å²) in [4.78, 5) is 18.8. The van der Waals surface area contributed by atoms with E-state index >= 15 is 0 Å². The molecule has 0 fully saturated rings. The van der Waals surface area contributed by atoms with Gasteiger partial charge in [0.2, 0.25) is 0 Å². The Morgan fingerprint density at radius 3 is 2.73 bits per heavy atom. The van der Waals surface area contributed by atoms with E-state index in [1.165, 1.54) is 22.5 Å². The van der Waals surface area contributed by atoms with E-state index in [1.54, 1.807) is 0 Å². The maximum Gasteiger partial charge on any atom is 0.413 e. The van der Waals surface area contributed by atoms with Crippen LogP contribution < -0.4 is 5.32 Å². The first kappa shape index (κ1) is 18.6. The number of hydrogen-bond donors (Lipinski definition) is 1. The van der Waals surface area contributed by atoms with Gasteiger partial charge in [-0.05, 0) is 38.3 Å². The maximum absolute atomic E-state index is 11.8. The molecule has 6 heteroatoms. The van der Waals surface area contributed by atoms with Crippen LogP contribution in [0.2, 0.25) is 0 Å². The number of hydrogen-bond acceptors (Lipinski definition) is 5. The van der Waals surface area contributed by atoms with Gasteiger partial charge in [0.1, 0.15) is 5.60 Å². The summed E-state index contributed by atoms with van der Waals surface area (Å²) in [5, 5.41) is 5.27. The fourth-order valence-corrected chi connectivity index (χ4v) is 3.52. The number of benzene rings is 1. The number of carbonyl (C=O) groups excluding carboxylic acids is 1. The Labute approximate surface area is 158 Å². The number of carbonyl (C=O) groups is 1. The molecule has 1 aromatic carbocycles. The molecule has 138 valence electrons. The Bertz CT molecular complexity index is 778. The van der Waals surface area contributed by atoms with Crippen LogP contribution in [0.1, 0.15) is 38.4 Å². The second kappa shape index (κ2) is 8.01. The molecular formula is C20H25N3O2S. The molecule has 1 N–H and O–H groups in total. The summed E-state index contributed by atoms with van der Waals surface area (Å²) in [6.45, 7) is 8.41. The highest BCUT2D eigenvalue weighted by Gasteiger charge is 2.19. The van der Waals surface area contributed by atoms with Crippen molar-refractivity contribution in [3.63, 3.8) is 0 Å². The predicted molar refractivity (Wildman–Crippen MR) is 106 cm³/mol. The molecule has 0 saturated carbocycles. The van der Waals surface area contributed by atoms with Gasteiger partial charge in [0, 0.05) is 25.0 Å². The number of thiazole rings is 1. The first-order valence-corrected chi connectivity index (χ1v) is 9.68. The SMILES string of the molecule is CC(C)(C)OC(=O)Nc1nc(C2=CCN(Cc3ccccc3)CC2)cs1. The normalized spacial score (nSPS) is 15.4. The van der Waals surface area contributed by atoms with E-state index in [1.807, 2.05) is 32.2 Å². The summed E-state index contributed by atoms with van der Waals surface area (Å²) >= 11 is 1.42. The molecule has 1 amide bonds. The highest BCUT2D eigenvalue weighted by Crippen LogP contribution is 2.27. The number of anilines is 1. The van der Waals surface area contributed by atoms with Crippen LogP contribution in [0.25, 0.3) is 5.57 Å². The summed E-state index contributed by atoms with van der Waals surface area (Å²) in [6, 6.07) is 10.5. The average Bonchev–Trinajstić information content (AvgIpc) is 3.03. The lowest BCUT2D eigenvalue weighted by molar-refractivity contribution is 0.0636. The van der Waals surface area contributed by atoms with Crippen molar-refractivity contribution in [1.82, 2.24) is 9.88 Å². The van der Waals surface area contributed by atoms with Crippen molar-refractivity contribution >= 4 is 28.1 Å². The predicted octanol–water partition coefficient (Wildman–Crippen LogP) is 4.78. The van der Waals surface area contributed by atoms with Crippen LogP contribution in [0, 0.1) is 0 Å². The van der Waals surface area contributed by atoms with Gasteiger partial charge in [-0.1, -0.05) is 36.4 Å². The van der Waals surface area contributed by atoms with Crippen LogP contribution in [-0.4, -0.2) is 34.7 Å². The molecule has 1 aliphatic rings. The number of ether oxygens (including phenoxy) is 1.